The van der Waals surface area contributed by atoms with Crippen LogP contribution in [0, 0.1) is 5.82 Å². The molecule has 0 saturated carbocycles. The number of para-hydroxylation sites is 2. The molecule has 1 saturated heterocycles. The first-order valence-electron chi connectivity index (χ1n) is 9.03. The Morgan fingerprint density at radius 1 is 0.964 bits per heavy atom. The number of amides is 1. The highest BCUT2D eigenvalue weighted by Gasteiger charge is 2.33. The van der Waals surface area contributed by atoms with Crippen molar-refractivity contribution in [3.05, 3.63) is 59.9 Å². The number of piperazine rings is 1. The lowest BCUT2D eigenvalue weighted by Crippen LogP contribution is -2.49. The number of nitrogens with zero attached hydrogens (tertiary/aromatic N) is 2. The van der Waals surface area contributed by atoms with Gasteiger partial charge in [0.15, 0.2) is 0 Å². The van der Waals surface area contributed by atoms with Crippen LogP contribution >= 0.6 is 0 Å². The van der Waals surface area contributed by atoms with Gasteiger partial charge in [0.1, 0.15) is 5.82 Å². The van der Waals surface area contributed by atoms with Crippen LogP contribution in [0.4, 0.5) is 28.9 Å². The fraction of sp³-hybridized carbons (Fsp3) is 0.350. The van der Waals surface area contributed by atoms with Crippen LogP contribution < -0.4 is 10.2 Å². The number of carbonyl (C=O) groups is 1. The van der Waals surface area contributed by atoms with Gasteiger partial charge in [-0.25, -0.2) is 4.39 Å². The third-order valence-electron chi connectivity index (χ3n) is 4.71. The zero-order valence-corrected chi connectivity index (χ0v) is 15.2. The quantitative estimate of drug-likeness (QED) is 0.778. The minimum absolute atomic E-state index is 0.0350. The molecule has 150 valence electrons. The molecule has 1 N–H and O–H groups in total. The van der Waals surface area contributed by atoms with Crippen LogP contribution in [-0.2, 0) is 11.0 Å². The van der Waals surface area contributed by atoms with E-state index in [1.165, 1.54) is 24.3 Å². The maximum absolute atomic E-state index is 13.9. The van der Waals surface area contributed by atoms with E-state index in [0.717, 1.165) is 6.07 Å². The molecule has 1 amide bonds. The lowest BCUT2D eigenvalue weighted by Gasteiger charge is -2.36. The van der Waals surface area contributed by atoms with Crippen molar-refractivity contribution >= 4 is 17.3 Å². The topological polar surface area (TPSA) is 35.6 Å². The van der Waals surface area contributed by atoms with Gasteiger partial charge >= 0.3 is 6.18 Å². The molecule has 0 bridgehead atoms. The fourth-order valence-electron chi connectivity index (χ4n) is 3.25. The fourth-order valence-corrected chi connectivity index (χ4v) is 3.25. The Kier molecular flexibility index (Phi) is 6.06. The third kappa shape index (κ3) is 4.74. The maximum atomic E-state index is 13.9. The van der Waals surface area contributed by atoms with Crippen molar-refractivity contribution in [3.63, 3.8) is 0 Å². The van der Waals surface area contributed by atoms with Gasteiger partial charge in [0.2, 0.25) is 5.91 Å². The van der Waals surface area contributed by atoms with E-state index in [1.807, 2.05) is 4.90 Å². The SMILES string of the molecule is O=C(CCNc1ccccc1C(F)(F)F)N1CCN(c2ccccc2F)CC1. The smallest absolute Gasteiger partial charge is 0.384 e. The lowest BCUT2D eigenvalue weighted by molar-refractivity contribution is -0.137. The number of benzene rings is 2. The third-order valence-corrected chi connectivity index (χ3v) is 4.71. The molecule has 1 aliphatic heterocycles. The molecular formula is C20H21F4N3O. The number of nitrogens with one attached hydrogen (secondary N) is 1. The summed E-state index contributed by atoms with van der Waals surface area (Å²) in [5.74, 6) is -0.431. The molecular weight excluding hydrogens is 374 g/mol. The van der Waals surface area contributed by atoms with Crippen LogP contribution in [-0.4, -0.2) is 43.5 Å². The van der Waals surface area contributed by atoms with Gasteiger partial charge in [-0.05, 0) is 24.3 Å². The van der Waals surface area contributed by atoms with Gasteiger partial charge in [0.25, 0.3) is 0 Å². The molecule has 0 radical (unpaired) electrons. The van der Waals surface area contributed by atoms with Crippen molar-refractivity contribution < 1.29 is 22.4 Å². The molecule has 4 nitrogen and oxygen atoms in total. The second-order valence-electron chi connectivity index (χ2n) is 6.54. The lowest BCUT2D eigenvalue weighted by atomic mass is 10.1. The van der Waals surface area contributed by atoms with Crippen molar-refractivity contribution in [3.8, 4) is 0 Å². The van der Waals surface area contributed by atoms with E-state index in [1.54, 1.807) is 23.1 Å². The summed E-state index contributed by atoms with van der Waals surface area (Å²) in [6, 6.07) is 11.7. The highest BCUT2D eigenvalue weighted by molar-refractivity contribution is 5.77. The van der Waals surface area contributed by atoms with E-state index in [9.17, 15) is 22.4 Å². The maximum Gasteiger partial charge on any atom is 0.418 e. The minimum Gasteiger partial charge on any atom is -0.384 e. The Morgan fingerprint density at radius 3 is 2.29 bits per heavy atom. The summed E-state index contributed by atoms with van der Waals surface area (Å²) < 4.78 is 52.8. The molecule has 3 rings (SSSR count). The molecule has 2 aromatic carbocycles. The first-order valence-corrected chi connectivity index (χ1v) is 9.03. The molecule has 1 fully saturated rings. The van der Waals surface area contributed by atoms with Gasteiger partial charge < -0.3 is 15.1 Å². The number of hydrogen-bond acceptors (Lipinski definition) is 3. The summed E-state index contributed by atoms with van der Waals surface area (Å²) in [7, 11) is 0. The number of alkyl halides is 3. The standard InChI is InChI=1S/C20H21F4N3O/c21-16-6-2-4-8-18(16)26-11-13-27(14-12-26)19(28)9-10-25-17-7-3-1-5-15(17)20(22,23)24/h1-8,25H,9-14H2. The molecule has 8 heteroatoms. The summed E-state index contributed by atoms with van der Waals surface area (Å²) >= 11 is 0. The van der Waals surface area contributed by atoms with Gasteiger partial charge in [-0.3, -0.25) is 4.79 Å². The van der Waals surface area contributed by atoms with Crippen LogP contribution in [0.15, 0.2) is 48.5 Å². The van der Waals surface area contributed by atoms with Crippen molar-refractivity contribution in [2.75, 3.05) is 42.9 Å². The zero-order valence-electron chi connectivity index (χ0n) is 15.2. The predicted molar refractivity (Wildman–Crippen MR) is 99.7 cm³/mol. The average Bonchev–Trinajstić information content (AvgIpc) is 2.68. The molecule has 0 aliphatic carbocycles. The van der Waals surface area contributed by atoms with Crippen LogP contribution in [0.2, 0.25) is 0 Å². The summed E-state index contributed by atoms with van der Waals surface area (Å²) in [4.78, 5) is 15.9. The summed E-state index contributed by atoms with van der Waals surface area (Å²) in [5, 5.41) is 2.70. The van der Waals surface area contributed by atoms with Gasteiger partial charge in [0, 0.05) is 44.8 Å². The zero-order chi connectivity index (χ0) is 20.1. The Morgan fingerprint density at radius 2 is 1.61 bits per heavy atom. The minimum atomic E-state index is -4.45. The summed E-state index contributed by atoms with van der Waals surface area (Å²) in [5.41, 5.74) is -0.270. The number of anilines is 2. The second-order valence-corrected chi connectivity index (χ2v) is 6.54. The molecule has 0 aromatic heterocycles. The molecule has 28 heavy (non-hydrogen) atoms. The van der Waals surface area contributed by atoms with Crippen molar-refractivity contribution in [1.29, 1.82) is 0 Å². The molecule has 0 atom stereocenters. The second kappa shape index (κ2) is 8.50. The number of hydrogen-bond donors (Lipinski definition) is 1. The summed E-state index contributed by atoms with van der Waals surface area (Å²) in [6.07, 6.45) is -4.36. The monoisotopic (exact) mass is 395 g/mol. The predicted octanol–water partition coefficient (Wildman–Crippen LogP) is 4.00. The number of rotatable bonds is 5. The van der Waals surface area contributed by atoms with Crippen LogP contribution in [0.5, 0.6) is 0 Å². The van der Waals surface area contributed by atoms with E-state index in [4.69, 9.17) is 0 Å². The largest absolute Gasteiger partial charge is 0.418 e. The normalized spacial score (nSPS) is 14.9. The molecule has 2 aromatic rings. The Labute approximate surface area is 160 Å². The van der Waals surface area contributed by atoms with Gasteiger partial charge in [-0.2, -0.15) is 13.2 Å². The Bertz CT molecular complexity index is 817. The van der Waals surface area contributed by atoms with Gasteiger partial charge in [0.05, 0.1) is 11.3 Å². The Hall–Kier alpha value is -2.77. The molecule has 0 spiro atoms. The number of halogens is 4. The van der Waals surface area contributed by atoms with Crippen molar-refractivity contribution in [2.24, 2.45) is 0 Å². The van der Waals surface area contributed by atoms with E-state index in [-0.39, 0.29) is 30.4 Å². The van der Waals surface area contributed by atoms with Crippen LogP contribution in [0.3, 0.4) is 0 Å². The van der Waals surface area contributed by atoms with E-state index in [2.05, 4.69) is 5.32 Å². The number of carbonyl (C=O) groups excluding carboxylic acids is 1. The average molecular weight is 395 g/mol. The van der Waals surface area contributed by atoms with Crippen LogP contribution in [0.1, 0.15) is 12.0 Å². The Balaban J connectivity index is 1.49. The molecule has 1 heterocycles. The van der Waals surface area contributed by atoms with Gasteiger partial charge in [-0.15, -0.1) is 0 Å². The first-order chi connectivity index (χ1) is 13.4. The highest BCUT2D eigenvalue weighted by Crippen LogP contribution is 2.34. The molecule has 0 unspecified atom stereocenters. The van der Waals surface area contributed by atoms with Crippen molar-refractivity contribution in [2.45, 2.75) is 12.6 Å². The van der Waals surface area contributed by atoms with E-state index < -0.39 is 11.7 Å². The van der Waals surface area contributed by atoms with E-state index >= 15 is 0 Å². The highest BCUT2D eigenvalue weighted by atomic mass is 19.4. The first kappa shape index (κ1) is 20.0. The molecule has 1 aliphatic rings. The summed E-state index contributed by atoms with van der Waals surface area (Å²) in [6.45, 7) is 2.03. The van der Waals surface area contributed by atoms with Gasteiger partial charge in [-0.1, -0.05) is 24.3 Å². The van der Waals surface area contributed by atoms with E-state index in [0.29, 0.717) is 31.9 Å². The van der Waals surface area contributed by atoms with Crippen molar-refractivity contribution in [1.82, 2.24) is 4.90 Å². The van der Waals surface area contributed by atoms with Crippen LogP contribution in [0.25, 0.3) is 0 Å².